The van der Waals surface area contributed by atoms with Crippen LogP contribution in [0, 0.1) is 0 Å². The Morgan fingerprint density at radius 2 is 1.53 bits per heavy atom. The van der Waals surface area contributed by atoms with Crippen molar-refractivity contribution in [3.05, 3.63) is 58.6 Å². The van der Waals surface area contributed by atoms with Crippen molar-refractivity contribution < 1.29 is 0 Å². The molecular formula is C16H9Cl2N. The predicted molar refractivity (Wildman–Crippen MR) is 83.3 cm³/mol. The second-order valence-corrected chi connectivity index (χ2v) is 5.49. The second-order valence-electron chi connectivity index (χ2n) is 4.64. The largest absolute Gasteiger partial charge is 0.354 e. The van der Waals surface area contributed by atoms with Gasteiger partial charge in [-0.2, -0.15) is 0 Å². The lowest BCUT2D eigenvalue weighted by molar-refractivity contribution is 1.55. The molecule has 1 aromatic heterocycles. The van der Waals surface area contributed by atoms with E-state index in [1.807, 2.05) is 36.4 Å². The Bertz CT molecular complexity index is 938. The summed E-state index contributed by atoms with van der Waals surface area (Å²) in [5, 5.41) is 6.11. The van der Waals surface area contributed by atoms with E-state index in [0.717, 1.165) is 26.5 Å². The van der Waals surface area contributed by atoms with Crippen LogP contribution in [-0.2, 0) is 0 Å². The van der Waals surface area contributed by atoms with Crippen LogP contribution in [0.3, 0.4) is 0 Å². The number of aromatic nitrogens is 1. The summed E-state index contributed by atoms with van der Waals surface area (Å²) in [5.74, 6) is 0. The summed E-state index contributed by atoms with van der Waals surface area (Å²) in [6.45, 7) is 0. The highest BCUT2D eigenvalue weighted by molar-refractivity contribution is 6.38. The molecule has 1 nitrogen and oxygen atoms in total. The molecule has 0 bridgehead atoms. The molecule has 0 atom stereocenters. The van der Waals surface area contributed by atoms with Gasteiger partial charge in [-0.15, -0.1) is 0 Å². The van der Waals surface area contributed by atoms with Crippen LogP contribution in [0.15, 0.2) is 48.5 Å². The van der Waals surface area contributed by atoms with Gasteiger partial charge >= 0.3 is 0 Å². The zero-order valence-electron chi connectivity index (χ0n) is 9.87. The molecular weight excluding hydrogens is 277 g/mol. The van der Waals surface area contributed by atoms with Crippen molar-refractivity contribution >= 4 is 55.8 Å². The topological polar surface area (TPSA) is 15.8 Å². The van der Waals surface area contributed by atoms with Crippen molar-refractivity contribution in [2.45, 2.75) is 0 Å². The van der Waals surface area contributed by atoms with Crippen LogP contribution >= 0.6 is 23.2 Å². The Hall–Kier alpha value is -1.70. The van der Waals surface area contributed by atoms with Gasteiger partial charge in [-0.05, 0) is 23.6 Å². The molecule has 0 saturated carbocycles. The lowest BCUT2D eigenvalue weighted by Gasteiger charge is -2.02. The van der Waals surface area contributed by atoms with Crippen molar-refractivity contribution in [1.82, 2.24) is 4.98 Å². The molecule has 0 radical (unpaired) electrons. The van der Waals surface area contributed by atoms with Gasteiger partial charge in [0.15, 0.2) is 0 Å². The van der Waals surface area contributed by atoms with Crippen molar-refractivity contribution in [3.63, 3.8) is 0 Å². The van der Waals surface area contributed by atoms with Crippen LogP contribution in [0.25, 0.3) is 32.6 Å². The number of fused-ring (bicyclic) bond motifs is 5. The van der Waals surface area contributed by atoms with Gasteiger partial charge in [0, 0.05) is 32.2 Å². The number of nitrogens with one attached hydrogen (secondary N) is 1. The number of halogens is 2. The smallest absolute Gasteiger partial charge is 0.0505 e. The normalized spacial score (nSPS) is 11.7. The van der Waals surface area contributed by atoms with Gasteiger partial charge in [0.25, 0.3) is 0 Å². The molecule has 0 spiro atoms. The maximum absolute atomic E-state index is 6.35. The van der Waals surface area contributed by atoms with Crippen molar-refractivity contribution in [2.24, 2.45) is 0 Å². The average molecular weight is 286 g/mol. The number of aromatic amines is 1. The van der Waals surface area contributed by atoms with E-state index in [-0.39, 0.29) is 0 Å². The Labute approximate surface area is 119 Å². The van der Waals surface area contributed by atoms with E-state index < -0.39 is 0 Å². The van der Waals surface area contributed by atoms with E-state index >= 15 is 0 Å². The van der Waals surface area contributed by atoms with Gasteiger partial charge in [-0.1, -0.05) is 53.5 Å². The molecule has 0 aliphatic heterocycles. The maximum atomic E-state index is 6.35. The number of hydrogen-bond acceptors (Lipinski definition) is 0. The molecule has 0 amide bonds. The third-order valence-electron chi connectivity index (χ3n) is 3.51. The molecule has 3 aromatic carbocycles. The third-order valence-corrected chi connectivity index (χ3v) is 4.06. The summed E-state index contributed by atoms with van der Waals surface area (Å²) >= 11 is 12.4. The summed E-state index contributed by atoms with van der Waals surface area (Å²) in [4.78, 5) is 3.38. The first-order chi connectivity index (χ1) is 9.24. The van der Waals surface area contributed by atoms with Gasteiger partial charge in [0.05, 0.1) is 5.02 Å². The van der Waals surface area contributed by atoms with Crippen molar-refractivity contribution in [2.75, 3.05) is 0 Å². The summed E-state index contributed by atoms with van der Waals surface area (Å²) in [6.07, 6.45) is 0. The molecule has 1 N–H and O–H groups in total. The van der Waals surface area contributed by atoms with E-state index in [4.69, 9.17) is 23.2 Å². The molecule has 92 valence electrons. The van der Waals surface area contributed by atoms with Gasteiger partial charge in [-0.25, -0.2) is 0 Å². The highest BCUT2D eigenvalue weighted by Gasteiger charge is 2.10. The second kappa shape index (κ2) is 3.89. The Morgan fingerprint density at radius 1 is 0.737 bits per heavy atom. The third kappa shape index (κ3) is 1.55. The van der Waals surface area contributed by atoms with Crippen molar-refractivity contribution in [3.8, 4) is 0 Å². The lowest BCUT2D eigenvalue weighted by atomic mass is 10.0. The molecule has 3 heteroatoms. The van der Waals surface area contributed by atoms with Crippen LogP contribution in [0.5, 0.6) is 0 Å². The summed E-state index contributed by atoms with van der Waals surface area (Å²) in [5.41, 5.74) is 2.08. The molecule has 0 aliphatic carbocycles. The van der Waals surface area contributed by atoms with E-state index in [2.05, 4.69) is 17.1 Å². The Morgan fingerprint density at radius 3 is 2.37 bits per heavy atom. The van der Waals surface area contributed by atoms with Gasteiger partial charge in [-0.3, -0.25) is 0 Å². The van der Waals surface area contributed by atoms with E-state index in [9.17, 15) is 0 Å². The quantitative estimate of drug-likeness (QED) is 0.421. The first kappa shape index (κ1) is 11.2. The monoisotopic (exact) mass is 285 g/mol. The Balaban J connectivity index is 2.34. The fraction of sp³-hybridized carbons (Fsp3) is 0. The standard InChI is InChI=1S/C16H9Cl2N/c17-9-5-6-12-14(7-9)19-15-8-13(18)10-3-1-2-4-11(10)16(12)15/h1-8,19H. The van der Waals surface area contributed by atoms with E-state index in [0.29, 0.717) is 0 Å². The highest BCUT2D eigenvalue weighted by Crippen LogP contribution is 2.36. The van der Waals surface area contributed by atoms with Gasteiger partial charge < -0.3 is 4.98 Å². The number of H-pyrrole nitrogens is 1. The average Bonchev–Trinajstić information content (AvgIpc) is 2.76. The maximum Gasteiger partial charge on any atom is 0.0505 e. The molecule has 1 heterocycles. The molecule has 0 fully saturated rings. The number of hydrogen-bond donors (Lipinski definition) is 1. The van der Waals surface area contributed by atoms with Crippen molar-refractivity contribution in [1.29, 1.82) is 0 Å². The van der Waals surface area contributed by atoms with Crippen LogP contribution in [0.1, 0.15) is 0 Å². The Kier molecular flexibility index (Phi) is 2.29. The van der Waals surface area contributed by atoms with Crippen LogP contribution in [0.2, 0.25) is 10.0 Å². The zero-order chi connectivity index (χ0) is 13.0. The minimum atomic E-state index is 0.731. The first-order valence-corrected chi connectivity index (χ1v) is 6.78. The van der Waals surface area contributed by atoms with Gasteiger partial charge in [0.2, 0.25) is 0 Å². The summed E-state index contributed by atoms with van der Waals surface area (Å²) in [6, 6.07) is 16.1. The first-order valence-electron chi connectivity index (χ1n) is 6.02. The van der Waals surface area contributed by atoms with Crippen LogP contribution in [0.4, 0.5) is 0 Å². The predicted octanol–water partition coefficient (Wildman–Crippen LogP) is 5.78. The van der Waals surface area contributed by atoms with Crippen LogP contribution in [-0.4, -0.2) is 4.98 Å². The molecule has 4 aromatic rings. The van der Waals surface area contributed by atoms with E-state index in [1.54, 1.807) is 0 Å². The summed E-state index contributed by atoms with van der Waals surface area (Å²) < 4.78 is 0. The fourth-order valence-corrected chi connectivity index (χ4v) is 3.15. The minimum Gasteiger partial charge on any atom is -0.354 e. The lowest BCUT2D eigenvalue weighted by Crippen LogP contribution is -1.76. The SMILES string of the molecule is Clc1ccc2c(c1)[nH]c1cc(Cl)c3ccccc3c12. The summed E-state index contributed by atoms with van der Waals surface area (Å²) in [7, 11) is 0. The molecule has 0 aliphatic rings. The zero-order valence-corrected chi connectivity index (χ0v) is 11.4. The molecule has 0 unspecified atom stereocenters. The molecule has 0 saturated heterocycles. The number of rotatable bonds is 0. The van der Waals surface area contributed by atoms with Crippen LogP contribution < -0.4 is 0 Å². The van der Waals surface area contributed by atoms with Gasteiger partial charge in [0.1, 0.15) is 0 Å². The highest BCUT2D eigenvalue weighted by atomic mass is 35.5. The molecule has 19 heavy (non-hydrogen) atoms. The van der Waals surface area contributed by atoms with E-state index in [1.165, 1.54) is 16.2 Å². The molecule has 4 rings (SSSR count). The number of benzene rings is 3. The fourth-order valence-electron chi connectivity index (χ4n) is 2.70. The minimum absolute atomic E-state index is 0.731.